The molecule has 330 valence electrons. The molecule has 0 aliphatic heterocycles. The number of benzene rings is 1. The van der Waals surface area contributed by atoms with Crippen LogP contribution in [0.15, 0.2) is 36.0 Å². The van der Waals surface area contributed by atoms with Gasteiger partial charge in [0, 0.05) is 55.7 Å². The first-order valence-electron chi connectivity index (χ1n) is 20.2. The third-order valence-corrected chi connectivity index (χ3v) is 10.1. The average Bonchev–Trinajstić information content (AvgIpc) is 3.44. The first kappa shape index (κ1) is 50.2. The van der Waals surface area contributed by atoms with Gasteiger partial charge < -0.3 is 34.3 Å². The molecule has 0 saturated heterocycles. The molecule has 0 spiro atoms. The van der Waals surface area contributed by atoms with E-state index in [1.165, 1.54) is 29.0 Å². The number of nitrogens with one attached hydrogen (secondary N) is 2. The second-order valence-electron chi connectivity index (χ2n) is 18.0. The zero-order valence-corrected chi connectivity index (χ0v) is 38.0. The molecule has 1 heterocycles. The monoisotopic (exact) mass is 830 g/mol. The number of hydrogen-bond donors (Lipinski definition) is 2. The fourth-order valence-electron chi connectivity index (χ4n) is 7.02. The molecule has 2 rings (SSSR count). The van der Waals surface area contributed by atoms with Crippen LogP contribution in [0.2, 0.25) is 0 Å². The molecule has 0 bridgehead atoms. The Balaban J connectivity index is 2.58. The van der Waals surface area contributed by atoms with Gasteiger partial charge >= 0.3 is 18.0 Å². The van der Waals surface area contributed by atoms with Crippen LogP contribution in [0.5, 0.6) is 0 Å². The van der Waals surface area contributed by atoms with Crippen LogP contribution in [0.3, 0.4) is 0 Å². The number of amides is 4. The number of ether oxygens (including phenoxy) is 3. The Morgan fingerprint density at radius 2 is 1.49 bits per heavy atom. The highest BCUT2D eigenvalue weighted by atomic mass is 19.1. The molecule has 4 amide bonds. The molecule has 2 aromatic rings. The zero-order valence-electron chi connectivity index (χ0n) is 38.0. The summed E-state index contributed by atoms with van der Waals surface area (Å²) in [7, 11) is 4.86. The Morgan fingerprint density at radius 3 is 2.02 bits per heavy atom. The maximum atomic E-state index is 14.8. The number of rotatable bonds is 17. The minimum absolute atomic E-state index is 0.0338. The van der Waals surface area contributed by atoms with Crippen molar-refractivity contribution in [1.29, 1.82) is 0 Å². The molecule has 59 heavy (non-hydrogen) atoms. The van der Waals surface area contributed by atoms with E-state index in [0.717, 1.165) is 5.52 Å². The van der Waals surface area contributed by atoms with Crippen molar-refractivity contribution in [1.82, 2.24) is 25.0 Å². The summed E-state index contributed by atoms with van der Waals surface area (Å²) in [6.45, 7) is 23.0. The van der Waals surface area contributed by atoms with Crippen molar-refractivity contribution >= 4 is 46.7 Å². The zero-order chi connectivity index (χ0) is 45.4. The molecular formula is C44H68FN5O9. The van der Waals surface area contributed by atoms with E-state index in [0.29, 0.717) is 10.9 Å². The predicted octanol–water partition coefficient (Wildman–Crippen LogP) is 6.18. The summed E-state index contributed by atoms with van der Waals surface area (Å²) in [6.07, 6.45) is 2.51. The molecule has 0 fully saturated rings. The van der Waals surface area contributed by atoms with Crippen LogP contribution in [0.1, 0.15) is 108 Å². The van der Waals surface area contributed by atoms with Crippen LogP contribution in [-0.4, -0.2) is 107 Å². The van der Waals surface area contributed by atoms with Crippen LogP contribution in [0, 0.1) is 17.2 Å². The van der Waals surface area contributed by atoms with Crippen LogP contribution in [0.4, 0.5) is 9.18 Å². The third kappa shape index (κ3) is 13.3. The van der Waals surface area contributed by atoms with Gasteiger partial charge in [0.25, 0.3) is 0 Å². The Kier molecular flexibility index (Phi) is 17.3. The standard InChI is InChI=1S/C44H68FN5O9/c1-17-57-34(51)22-20-31(40(55)58-18-2)46-37(52)27(5)23-33(26(3)4)49(15)39(54)35(42(6,7)8)47-38(53)36(50(16)41(56)59-43(9,10)11)44(12,13)30-25-48(14)32-21-19-28(45)24-29(30)32/h19,21,23-26,31,33,35-36H,17-18,20,22H2,1-16H3,(H,46,52)(H,47,53)/b27-23+/t31-,33-,35?,36-/m1/s1. The normalized spacial score (nSPS) is 14.5. The van der Waals surface area contributed by atoms with Crippen molar-refractivity contribution in [2.45, 2.75) is 138 Å². The second kappa shape index (κ2) is 20.3. The Labute approximate surface area is 349 Å². The second-order valence-corrected chi connectivity index (χ2v) is 18.0. The Hall–Kier alpha value is -4.95. The van der Waals surface area contributed by atoms with Gasteiger partial charge in [-0.05, 0) is 83.1 Å². The average molecular weight is 830 g/mol. The van der Waals surface area contributed by atoms with E-state index in [2.05, 4.69) is 10.6 Å². The highest BCUT2D eigenvalue weighted by Crippen LogP contribution is 2.37. The van der Waals surface area contributed by atoms with Crippen molar-refractivity contribution in [2.24, 2.45) is 18.4 Å². The number of hydrogen-bond acceptors (Lipinski definition) is 9. The lowest BCUT2D eigenvalue weighted by Crippen LogP contribution is -2.63. The van der Waals surface area contributed by atoms with E-state index in [4.69, 9.17) is 14.2 Å². The quantitative estimate of drug-likeness (QED) is 0.108. The number of fused-ring (bicyclic) bond motifs is 1. The molecule has 14 nitrogen and oxygen atoms in total. The first-order valence-corrected chi connectivity index (χ1v) is 20.2. The van der Waals surface area contributed by atoms with Gasteiger partial charge in [-0.25, -0.2) is 14.0 Å². The van der Waals surface area contributed by atoms with Gasteiger partial charge in [-0.3, -0.25) is 24.1 Å². The van der Waals surface area contributed by atoms with Crippen molar-refractivity contribution in [2.75, 3.05) is 27.3 Å². The van der Waals surface area contributed by atoms with Crippen molar-refractivity contribution in [3.05, 3.63) is 47.4 Å². The maximum absolute atomic E-state index is 14.8. The molecule has 2 N–H and O–H groups in total. The summed E-state index contributed by atoms with van der Waals surface area (Å²) in [5, 5.41) is 6.20. The van der Waals surface area contributed by atoms with Crippen molar-refractivity contribution in [3.8, 4) is 0 Å². The summed E-state index contributed by atoms with van der Waals surface area (Å²) >= 11 is 0. The minimum atomic E-state index is -1.25. The van der Waals surface area contributed by atoms with Crippen LogP contribution in [0.25, 0.3) is 10.9 Å². The van der Waals surface area contributed by atoms with E-state index in [1.54, 1.807) is 102 Å². The number of likely N-dealkylation sites (N-methyl/N-ethyl adjacent to an activating group) is 2. The van der Waals surface area contributed by atoms with E-state index >= 15 is 0 Å². The van der Waals surface area contributed by atoms with Gasteiger partial charge in [0.2, 0.25) is 17.7 Å². The number of aryl methyl sites for hydroxylation is 1. The SMILES string of the molecule is CCOC(=O)CC[C@@H](NC(=O)/C(C)=C/[C@H](C(C)C)N(C)C(=O)C(NC(=O)[C@@H](N(C)C(=O)OC(C)(C)C)C(C)(C)c1cn(C)c2ccc(F)cc12)C(C)(C)C)C(=O)OCC. The molecule has 4 atom stereocenters. The van der Waals surface area contributed by atoms with Gasteiger partial charge in [-0.2, -0.15) is 0 Å². The number of esters is 2. The number of carbonyl (C=O) groups is 6. The molecule has 1 aromatic carbocycles. The lowest BCUT2D eigenvalue weighted by atomic mass is 9.76. The summed E-state index contributed by atoms with van der Waals surface area (Å²) in [5.74, 6) is -3.58. The van der Waals surface area contributed by atoms with Gasteiger partial charge in [0.05, 0.1) is 19.3 Å². The Bertz CT molecular complexity index is 1870. The van der Waals surface area contributed by atoms with Gasteiger partial charge in [0.1, 0.15) is 29.5 Å². The maximum Gasteiger partial charge on any atom is 0.410 e. The van der Waals surface area contributed by atoms with Gasteiger partial charge in [-0.1, -0.05) is 54.5 Å². The Morgan fingerprint density at radius 1 is 0.898 bits per heavy atom. The molecular weight excluding hydrogens is 762 g/mol. The summed E-state index contributed by atoms with van der Waals surface area (Å²) in [4.78, 5) is 84.1. The van der Waals surface area contributed by atoms with Crippen LogP contribution >= 0.6 is 0 Å². The summed E-state index contributed by atoms with van der Waals surface area (Å²) in [5.41, 5.74) is -1.37. The van der Waals surface area contributed by atoms with E-state index in [9.17, 15) is 33.2 Å². The van der Waals surface area contributed by atoms with Crippen LogP contribution < -0.4 is 10.6 Å². The number of halogens is 1. The fourth-order valence-corrected chi connectivity index (χ4v) is 7.02. The lowest BCUT2D eigenvalue weighted by Gasteiger charge is -2.42. The highest BCUT2D eigenvalue weighted by Gasteiger charge is 2.47. The summed E-state index contributed by atoms with van der Waals surface area (Å²) in [6, 6.07) is 0.251. The van der Waals surface area contributed by atoms with Gasteiger partial charge in [-0.15, -0.1) is 0 Å². The predicted molar refractivity (Wildman–Crippen MR) is 225 cm³/mol. The lowest BCUT2D eigenvalue weighted by molar-refractivity contribution is -0.148. The molecule has 1 unspecified atom stereocenters. The smallest absolute Gasteiger partial charge is 0.410 e. The first-order chi connectivity index (χ1) is 27.1. The summed E-state index contributed by atoms with van der Waals surface area (Å²) < 4.78 is 32.3. The molecule has 0 aliphatic rings. The molecule has 0 radical (unpaired) electrons. The molecule has 1 aromatic heterocycles. The topological polar surface area (TPSA) is 166 Å². The molecule has 0 saturated carbocycles. The van der Waals surface area contributed by atoms with E-state index in [-0.39, 0.29) is 37.5 Å². The van der Waals surface area contributed by atoms with Gasteiger partial charge in [0.15, 0.2) is 0 Å². The van der Waals surface area contributed by atoms with E-state index < -0.39 is 82.2 Å². The highest BCUT2D eigenvalue weighted by molar-refractivity contribution is 5.97. The molecule has 15 heteroatoms. The van der Waals surface area contributed by atoms with Crippen molar-refractivity contribution < 1.29 is 47.4 Å². The van der Waals surface area contributed by atoms with Crippen molar-refractivity contribution in [3.63, 3.8) is 0 Å². The molecule has 0 aliphatic carbocycles. The third-order valence-electron chi connectivity index (χ3n) is 10.1. The van der Waals surface area contributed by atoms with E-state index in [1.807, 2.05) is 25.5 Å². The van der Waals surface area contributed by atoms with Crippen LogP contribution in [-0.2, 0) is 50.6 Å². The largest absolute Gasteiger partial charge is 0.466 e. The fraction of sp³-hybridized carbons (Fsp3) is 0.636. The number of nitrogens with zero attached hydrogens (tertiary/aromatic N) is 3. The minimum Gasteiger partial charge on any atom is -0.466 e. The number of carbonyl (C=O) groups excluding carboxylic acids is 6. The number of aromatic nitrogens is 1.